The second kappa shape index (κ2) is 8.32. The molecule has 2 atom stereocenters. The molecule has 2 heterocycles. The molecule has 1 aromatic heterocycles. The van der Waals surface area contributed by atoms with Gasteiger partial charge in [-0.05, 0) is 57.2 Å². The Morgan fingerprint density at radius 2 is 1.75 bits per heavy atom. The molecule has 2 unspecified atom stereocenters. The van der Waals surface area contributed by atoms with Crippen molar-refractivity contribution in [1.82, 2.24) is 14.5 Å². The summed E-state index contributed by atoms with van der Waals surface area (Å²) in [4.78, 5) is 7.18. The van der Waals surface area contributed by atoms with Crippen LogP contribution in [0.25, 0.3) is 11.3 Å². The van der Waals surface area contributed by atoms with E-state index < -0.39 is 0 Å². The van der Waals surface area contributed by atoms with Crippen molar-refractivity contribution in [2.45, 2.75) is 51.6 Å². The summed E-state index contributed by atoms with van der Waals surface area (Å²) in [5.74, 6) is 0.691. The summed E-state index contributed by atoms with van der Waals surface area (Å²) >= 11 is 0. The summed E-state index contributed by atoms with van der Waals surface area (Å²) < 4.78 is 2.23. The second-order valence-corrected chi connectivity index (χ2v) is 8.44. The SMILES string of the molecule is CC(C)N1CCC(c2ccc(CC(C)n3cnc(-c4ccccc4)c3)cc2)C1. The quantitative estimate of drug-likeness (QED) is 0.565. The van der Waals surface area contributed by atoms with Gasteiger partial charge in [0.1, 0.15) is 0 Å². The Balaban J connectivity index is 1.39. The Morgan fingerprint density at radius 1 is 1.00 bits per heavy atom. The van der Waals surface area contributed by atoms with Crippen molar-refractivity contribution < 1.29 is 0 Å². The third-order valence-electron chi connectivity index (χ3n) is 6.11. The van der Waals surface area contributed by atoms with Crippen LogP contribution in [0.5, 0.6) is 0 Å². The van der Waals surface area contributed by atoms with Crippen LogP contribution in [0, 0.1) is 0 Å². The van der Waals surface area contributed by atoms with Crippen LogP contribution in [-0.2, 0) is 6.42 Å². The van der Waals surface area contributed by atoms with Crippen molar-refractivity contribution in [3.63, 3.8) is 0 Å². The summed E-state index contributed by atoms with van der Waals surface area (Å²) in [6.45, 7) is 9.29. The molecule has 3 nitrogen and oxygen atoms in total. The predicted octanol–water partition coefficient (Wildman–Crippen LogP) is 5.55. The molecule has 3 aromatic rings. The van der Waals surface area contributed by atoms with Crippen molar-refractivity contribution in [2.75, 3.05) is 13.1 Å². The maximum Gasteiger partial charge on any atom is 0.0956 e. The van der Waals surface area contributed by atoms with E-state index in [1.165, 1.54) is 36.2 Å². The smallest absolute Gasteiger partial charge is 0.0956 e. The molecule has 1 aliphatic heterocycles. The Bertz CT molecular complexity index is 880. The van der Waals surface area contributed by atoms with Crippen molar-refractivity contribution in [3.05, 3.63) is 78.2 Å². The van der Waals surface area contributed by atoms with Crippen molar-refractivity contribution >= 4 is 0 Å². The van der Waals surface area contributed by atoms with Gasteiger partial charge in [-0.15, -0.1) is 0 Å². The highest BCUT2D eigenvalue weighted by molar-refractivity contribution is 5.57. The Hall–Kier alpha value is -2.39. The Kier molecular flexibility index (Phi) is 5.63. The molecule has 0 amide bonds. The van der Waals surface area contributed by atoms with Crippen molar-refractivity contribution in [1.29, 1.82) is 0 Å². The van der Waals surface area contributed by atoms with Crippen LogP contribution in [0.2, 0.25) is 0 Å². The molecule has 146 valence electrons. The van der Waals surface area contributed by atoms with Crippen molar-refractivity contribution in [3.8, 4) is 11.3 Å². The van der Waals surface area contributed by atoms with Gasteiger partial charge in [0.15, 0.2) is 0 Å². The molecule has 1 aliphatic rings. The van der Waals surface area contributed by atoms with Crippen LogP contribution in [-0.4, -0.2) is 33.6 Å². The first kappa shape index (κ1) is 18.9. The average molecular weight is 374 g/mol. The van der Waals surface area contributed by atoms with Gasteiger partial charge in [0, 0.05) is 30.4 Å². The van der Waals surface area contributed by atoms with E-state index in [1.807, 2.05) is 12.4 Å². The maximum atomic E-state index is 4.60. The second-order valence-electron chi connectivity index (χ2n) is 8.44. The zero-order valence-corrected chi connectivity index (χ0v) is 17.3. The topological polar surface area (TPSA) is 21.1 Å². The monoisotopic (exact) mass is 373 g/mol. The van der Waals surface area contributed by atoms with Crippen LogP contribution >= 0.6 is 0 Å². The van der Waals surface area contributed by atoms with Crippen LogP contribution in [0.4, 0.5) is 0 Å². The number of imidazole rings is 1. The fraction of sp³-hybridized carbons (Fsp3) is 0.400. The fourth-order valence-electron chi connectivity index (χ4n) is 4.24. The molecule has 0 aliphatic carbocycles. The number of rotatable bonds is 6. The van der Waals surface area contributed by atoms with Crippen LogP contribution in [0.1, 0.15) is 50.3 Å². The van der Waals surface area contributed by atoms with E-state index >= 15 is 0 Å². The number of hydrogen-bond acceptors (Lipinski definition) is 2. The highest BCUT2D eigenvalue weighted by atomic mass is 15.2. The highest BCUT2D eigenvalue weighted by Crippen LogP contribution is 2.29. The van der Waals surface area contributed by atoms with Gasteiger partial charge in [-0.2, -0.15) is 0 Å². The number of likely N-dealkylation sites (tertiary alicyclic amines) is 1. The van der Waals surface area contributed by atoms with E-state index in [4.69, 9.17) is 0 Å². The molecule has 0 N–H and O–H groups in total. The number of benzene rings is 2. The van der Waals surface area contributed by atoms with Crippen molar-refractivity contribution in [2.24, 2.45) is 0 Å². The van der Waals surface area contributed by atoms with E-state index in [1.54, 1.807) is 0 Å². The Morgan fingerprint density at radius 3 is 2.43 bits per heavy atom. The summed E-state index contributed by atoms with van der Waals surface area (Å²) in [6.07, 6.45) is 6.42. The molecular formula is C25H31N3. The van der Waals surface area contributed by atoms with Gasteiger partial charge in [-0.25, -0.2) is 4.98 Å². The van der Waals surface area contributed by atoms with Gasteiger partial charge in [-0.3, -0.25) is 0 Å². The molecule has 3 heteroatoms. The Labute approximate surface area is 169 Å². The lowest BCUT2D eigenvalue weighted by Crippen LogP contribution is -2.27. The average Bonchev–Trinajstić information content (AvgIpc) is 3.39. The van der Waals surface area contributed by atoms with E-state index in [0.717, 1.165) is 12.1 Å². The summed E-state index contributed by atoms with van der Waals surface area (Å²) in [6, 6.07) is 20.8. The van der Waals surface area contributed by atoms with E-state index in [0.29, 0.717) is 18.0 Å². The third-order valence-corrected chi connectivity index (χ3v) is 6.11. The van der Waals surface area contributed by atoms with Gasteiger partial charge < -0.3 is 9.47 Å². The summed E-state index contributed by atoms with van der Waals surface area (Å²) in [7, 11) is 0. The first-order valence-corrected chi connectivity index (χ1v) is 10.5. The first-order valence-electron chi connectivity index (χ1n) is 10.5. The van der Waals surface area contributed by atoms with Gasteiger partial charge in [0.25, 0.3) is 0 Å². The molecule has 1 saturated heterocycles. The molecule has 0 saturated carbocycles. The minimum absolute atomic E-state index is 0.388. The summed E-state index contributed by atoms with van der Waals surface area (Å²) in [5, 5.41) is 0. The molecule has 0 spiro atoms. The lowest BCUT2D eigenvalue weighted by atomic mass is 9.96. The highest BCUT2D eigenvalue weighted by Gasteiger charge is 2.25. The molecule has 2 aromatic carbocycles. The van der Waals surface area contributed by atoms with Gasteiger partial charge in [-0.1, -0.05) is 54.6 Å². The lowest BCUT2D eigenvalue weighted by molar-refractivity contribution is 0.272. The van der Waals surface area contributed by atoms with Crippen LogP contribution in [0.15, 0.2) is 67.1 Å². The summed E-state index contributed by atoms with van der Waals surface area (Å²) in [5.41, 5.74) is 5.10. The van der Waals surface area contributed by atoms with E-state index in [2.05, 4.69) is 89.9 Å². The number of nitrogens with zero attached hydrogens (tertiary/aromatic N) is 3. The minimum atomic E-state index is 0.388. The van der Waals surface area contributed by atoms with Crippen LogP contribution in [0.3, 0.4) is 0 Å². The predicted molar refractivity (Wildman–Crippen MR) is 117 cm³/mol. The zero-order valence-electron chi connectivity index (χ0n) is 17.3. The van der Waals surface area contributed by atoms with E-state index in [-0.39, 0.29) is 0 Å². The molecule has 0 bridgehead atoms. The van der Waals surface area contributed by atoms with E-state index in [9.17, 15) is 0 Å². The first-order chi connectivity index (χ1) is 13.6. The molecule has 1 fully saturated rings. The lowest BCUT2D eigenvalue weighted by Gasteiger charge is -2.20. The maximum absolute atomic E-state index is 4.60. The third kappa shape index (κ3) is 4.20. The normalized spacial score (nSPS) is 18.6. The zero-order chi connectivity index (χ0) is 19.5. The standard InChI is InChI=1S/C25H31N3/c1-19(2)27-14-13-24(16-27)22-11-9-21(10-12-22)15-20(3)28-17-25(26-18-28)23-7-5-4-6-8-23/h4-12,17-20,24H,13-16H2,1-3H3. The minimum Gasteiger partial charge on any atom is -0.334 e. The molecule has 0 radical (unpaired) electrons. The molecule has 28 heavy (non-hydrogen) atoms. The van der Waals surface area contributed by atoms with Gasteiger partial charge >= 0.3 is 0 Å². The van der Waals surface area contributed by atoms with Gasteiger partial charge in [0.2, 0.25) is 0 Å². The largest absolute Gasteiger partial charge is 0.334 e. The number of aromatic nitrogens is 2. The fourth-order valence-corrected chi connectivity index (χ4v) is 4.24. The van der Waals surface area contributed by atoms with Crippen LogP contribution < -0.4 is 0 Å². The van der Waals surface area contributed by atoms with Gasteiger partial charge in [0.05, 0.1) is 12.0 Å². The molecular weight excluding hydrogens is 342 g/mol. The number of hydrogen-bond donors (Lipinski definition) is 0. The molecule has 4 rings (SSSR count).